The van der Waals surface area contributed by atoms with Crippen LogP contribution in [-0.2, 0) is 4.79 Å². The highest BCUT2D eigenvalue weighted by Crippen LogP contribution is 2.11. The molecular formula is C9H10FNO3. The highest BCUT2D eigenvalue weighted by molar-refractivity contribution is 5.73. The van der Waals surface area contributed by atoms with Gasteiger partial charge in [0.15, 0.2) is 0 Å². The van der Waals surface area contributed by atoms with Gasteiger partial charge in [-0.2, -0.15) is 0 Å². The molecule has 0 bridgehead atoms. The summed E-state index contributed by atoms with van der Waals surface area (Å²) in [5.41, 5.74) is 5.18. The van der Waals surface area contributed by atoms with Crippen molar-refractivity contribution in [3.63, 3.8) is 0 Å². The normalized spacial score (nSPS) is 12.1. The maximum atomic E-state index is 12.6. The van der Waals surface area contributed by atoms with E-state index in [1.165, 1.54) is 18.2 Å². The summed E-state index contributed by atoms with van der Waals surface area (Å²) in [7, 11) is 0. The van der Waals surface area contributed by atoms with E-state index in [-0.39, 0.29) is 12.4 Å². The molecular weight excluding hydrogens is 189 g/mol. The zero-order valence-electron chi connectivity index (χ0n) is 7.31. The molecule has 5 heteroatoms. The summed E-state index contributed by atoms with van der Waals surface area (Å²) in [6.07, 6.45) is 0. The zero-order chi connectivity index (χ0) is 10.6. The third kappa shape index (κ3) is 3.02. The van der Waals surface area contributed by atoms with Crippen molar-refractivity contribution in [3.05, 3.63) is 30.1 Å². The molecule has 0 saturated heterocycles. The van der Waals surface area contributed by atoms with Crippen LogP contribution in [0.25, 0.3) is 0 Å². The average Bonchev–Trinajstić information content (AvgIpc) is 2.14. The minimum Gasteiger partial charge on any atom is -0.491 e. The fourth-order valence-corrected chi connectivity index (χ4v) is 0.814. The summed E-state index contributed by atoms with van der Waals surface area (Å²) in [5, 5.41) is 8.44. The lowest BCUT2D eigenvalue weighted by Gasteiger charge is -2.08. The van der Waals surface area contributed by atoms with Crippen LogP contribution >= 0.6 is 0 Å². The van der Waals surface area contributed by atoms with Gasteiger partial charge in [0, 0.05) is 6.07 Å². The number of nitrogens with two attached hydrogens (primary N) is 1. The number of aliphatic carboxylic acids is 1. The van der Waals surface area contributed by atoms with Crippen molar-refractivity contribution in [2.75, 3.05) is 6.61 Å². The van der Waals surface area contributed by atoms with Crippen LogP contribution in [0.3, 0.4) is 0 Å². The Morgan fingerprint density at radius 2 is 2.36 bits per heavy atom. The predicted molar refractivity (Wildman–Crippen MR) is 47.5 cm³/mol. The lowest BCUT2D eigenvalue weighted by Crippen LogP contribution is -2.36. The fraction of sp³-hybridized carbons (Fsp3) is 0.222. The third-order valence-corrected chi connectivity index (χ3v) is 1.54. The van der Waals surface area contributed by atoms with Crippen LogP contribution < -0.4 is 10.5 Å². The van der Waals surface area contributed by atoms with Crippen molar-refractivity contribution in [2.24, 2.45) is 5.73 Å². The van der Waals surface area contributed by atoms with Gasteiger partial charge in [-0.15, -0.1) is 0 Å². The maximum absolute atomic E-state index is 12.6. The molecule has 0 heterocycles. The van der Waals surface area contributed by atoms with E-state index in [4.69, 9.17) is 15.6 Å². The van der Waals surface area contributed by atoms with Crippen LogP contribution in [0, 0.1) is 5.82 Å². The van der Waals surface area contributed by atoms with Gasteiger partial charge in [0.25, 0.3) is 0 Å². The number of hydrogen-bond donors (Lipinski definition) is 2. The zero-order valence-corrected chi connectivity index (χ0v) is 7.31. The molecule has 0 aliphatic carbocycles. The maximum Gasteiger partial charge on any atom is 0.324 e. The molecule has 1 aromatic carbocycles. The second-order valence-corrected chi connectivity index (χ2v) is 2.71. The first-order chi connectivity index (χ1) is 6.59. The molecule has 0 amide bonds. The quantitative estimate of drug-likeness (QED) is 0.745. The monoisotopic (exact) mass is 199 g/mol. The van der Waals surface area contributed by atoms with Crippen LogP contribution in [-0.4, -0.2) is 23.7 Å². The molecule has 14 heavy (non-hydrogen) atoms. The van der Waals surface area contributed by atoms with E-state index in [1.54, 1.807) is 0 Å². The molecule has 76 valence electrons. The number of carboxylic acid groups (broad SMARTS) is 1. The molecule has 3 N–H and O–H groups in total. The van der Waals surface area contributed by atoms with Gasteiger partial charge >= 0.3 is 5.97 Å². The first kappa shape index (κ1) is 10.5. The number of hydrogen-bond acceptors (Lipinski definition) is 3. The molecule has 1 atom stereocenters. The van der Waals surface area contributed by atoms with Crippen LogP contribution in [0.2, 0.25) is 0 Å². The van der Waals surface area contributed by atoms with Gasteiger partial charge in [0.2, 0.25) is 0 Å². The molecule has 0 saturated carbocycles. The Morgan fingerprint density at radius 3 is 2.93 bits per heavy atom. The molecule has 0 aliphatic rings. The summed E-state index contributed by atoms with van der Waals surface area (Å²) >= 11 is 0. The summed E-state index contributed by atoms with van der Waals surface area (Å²) in [6.45, 7) is -0.182. The Balaban J connectivity index is 2.49. The van der Waals surface area contributed by atoms with Gasteiger partial charge in [-0.1, -0.05) is 6.07 Å². The van der Waals surface area contributed by atoms with Gasteiger partial charge in [-0.25, -0.2) is 4.39 Å². The van der Waals surface area contributed by atoms with Crippen molar-refractivity contribution in [1.29, 1.82) is 0 Å². The second kappa shape index (κ2) is 4.57. The van der Waals surface area contributed by atoms with Gasteiger partial charge in [-0.05, 0) is 12.1 Å². The number of benzene rings is 1. The van der Waals surface area contributed by atoms with E-state index >= 15 is 0 Å². The van der Waals surface area contributed by atoms with Gasteiger partial charge in [0.1, 0.15) is 24.2 Å². The fourth-order valence-electron chi connectivity index (χ4n) is 0.814. The van der Waals surface area contributed by atoms with E-state index in [1.807, 2.05) is 0 Å². The molecule has 0 fully saturated rings. The van der Waals surface area contributed by atoms with E-state index in [0.717, 1.165) is 6.07 Å². The van der Waals surface area contributed by atoms with Gasteiger partial charge in [-0.3, -0.25) is 4.79 Å². The Bertz CT molecular complexity index is 330. The predicted octanol–water partition coefficient (Wildman–Crippen LogP) is 0.616. The Kier molecular flexibility index (Phi) is 3.41. The van der Waals surface area contributed by atoms with Gasteiger partial charge < -0.3 is 15.6 Å². The van der Waals surface area contributed by atoms with E-state index in [9.17, 15) is 9.18 Å². The SMILES string of the molecule is N[C@H](COc1cccc(F)c1)C(=O)O. The summed E-state index contributed by atoms with van der Waals surface area (Å²) in [4.78, 5) is 10.3. The Morgan fingerprint density at radius 1 is 1.64 bits per heavy atom. The smallest absolute Gasteiger partial charge is 0.324 e. The van der Waals surface area contributed by atoms with Crippen LogP contribution in [0.4, 0.5) is 4.39 Å². The number of halogens is 1. The first-order valence-corrected chi connectivity index (χ1v) is 3.96. The number of ether oxygens (including phenoxy) is 1. The van der Waals surface area contributed by atoms with E-state index in [0.29, 0.717) is 0 Å². The van der Waals surface area contributed by atoms with Crippen LogP contribution in [0.5, 0.6) is 5.75 Å². The minimum absolute atomic E-state index is 0.182. The highest BCUT2D eigenvalue weighted by atomic mass is 19.1. The van der Waals surface area contributed by atoms with E-state index < -0.39 is 17.8 Å². The number of carbonyl (C=O) groups is 1. The Hall–Kier alpha value is -1.62. The number of rotatable bonds is 4. The minimum atomic E-state index is -1.15. The highest BCUT2D eigenvalue weighted by Gasteiger charge is 2.11. The largest absolute Gasteiger partial charge is 0.491 e. The molecule has 0 spiro atoms. The molecule has 1 rings (SSSR count). The van der Waals surface area contributed by atoms with Gasteiger partial charge in [0.05, 0.1) is 0 Å². The van der Waals surface area contributed by atoms with E-state index in [2.05, 4.69) is 0 Å². The average molecular weight is 199 g/mol. The molecule has 0 radical (unpaired) electrons. The molecule has 0 aliphatic heterocycles. The summed E-state index contributed by atoms with van der Waals surface area (Å²) in [6, 6.07) is 4.32. The number of carboxylic acids is 1. The molecule has 4 nitrogen and oxygen atoms in total. The van der Waals surface area contributed by atoms with Crippen molar-refractivity contribution < 1.29 is 19.0 Å². The Labute approximate surface area is 80.1 Å². The lowest BCUT2D eigenvalue weighted by molar-refractivity contribution is -0.139. The first-order valence-electron chi connectivity index (χ1n) is 3.96. The standard InChI is InChI=1S/C9H10FNO3/c10-6-2-1-3-7(4-6)14-5-8(11)9(12)13/h1-4,8H,5,11H2,(H,12,13)/t8-/m1/s1. The van der Waals surface area contributed by atoms with Crippen molar-refractivity contribution in [1.82, 2.24) is 0 Å². The van der Waals surface area contributed by atoms with Crippen LogP contribution in [0.15, 0.2) is 24.3 Å². The molecule has 0 aromatic heterocycles. The topological polar surface area (TPSA) is 72.5 Å². The lowest BCUT2D eigenvalue weighted by atomic mass is 10.3. The summed E-state index contributed by atoms with van der Waals surface area (Å²) in [5.74, 6) is -1.32. The van der Waals surface area contributed by atoms with Crippen molar-refractivity contribution in [2.45, 2.75) is 6.04 Å². The van der Waals surface area contributed by atoms with Crippen molar-refractivity contribution in [3.8, 4) is 5.75 Å². The molecule has 0 unspecified atom stereocenters. The van der Waals surface area contributed by atoms with Crippen LogP contribution in [0.1, 0.15) is 0 Å². The molecule has 1 aromatic rings. The third-order valence-electron chi connectivity index (χ3n) is 1.54. The second-order valence-electron chi connectivity index (χ2n) is 2.71. The van der Waals surface area contributed by atoms with Crippen molar-refractivity contribution >= 4 is 5.97 Å². The summed E-state index contributed by atoms with van der Waals surface area (Å²) < 4.78 is 17.6.